The van der Waals surface area contributed by atoms with Gasteiger partial charge in [-0.1, -0.05) is 15.9 Å². The molecular weight excluding hydrogens is 320 g/mol. The molecule has 0 saturated carbocycles. The summed E-state index contributed by atoms with van der Waals surface area (Å²) in [6.07, 6.45) is 3.43. The lowest BCUT2D eigenvalue weighted by Crippen LogP contribution is -2.43. The van der Waals surface area contributed by atoms with Gasteiger partial charge in [0.2, 0.25) is 5.88 Å². The highest BCUT2D eigenvalue weighted by Gasteiger charge is 2.12. The maximum absolute atomic E-state index is 5.65. The van der Waals surface area contributed by atoms with Gasteiger partial charge in [-0.25, -0.2) is 9.97 Å². The van der Waals surface area contributed by atoms with Crippen molar-refractivity contribution in [1.82, 2.24) is 15.3 Å². The second kappa shape index (κ2) is 6.19. The third-order valence-corrected chi connectivity index (χ3v) is 3.62. The van der Waals surface area contributed by atoms with Gasteiger partial charge < -0.3 is 15.0 Å². The summed E-state index contributed by atoms with van der Waals surface area (Å²) in [6, 6.07) is 7.63. The molecule has 1 fully saturated rings. The normalized spacial score (nSPS) is 15.2. The largest absolute Gasteiger partial charge is 0.438 e. The van der Waals surface area contributed by atoms with E-state index in [0.29, 0.717) is 5.88 Å². The van der Waals surface area contributed by atoms with E-state index in [1.165, 1.54) is 0 Å². The molecule has 104 valence electrons. The predicted octanol–water partition coefficient (Wildman–Crippen LogP) is 2.44. The van der Waals surface area contributed by atoms with Crippen molar-refractivity contribution in [3.05, 3.63) is 41.1 Å². The summed E-state index contributed by atoms with van der Waals surface area (Å²) in [6.45, 7) is 3.89. The second-order valence-corrected chi connectivity index (χ2v) is 5.42. The number of anilines is 1. The summed E-state index contributed by atoms with van der Waals surface area (Å²) >= 11 is 3.39. The van der Waals surface area contributed by atoms with Crippen molar-refractivity contribution < 1.29 is 4.74 Å². The van der Waals surface area contributed by atoms with Crippen LogP contribution in [-0.4, -0.2) is 36.1 Å². The topological polar surface area (TPSA) is 50.3 Å². The third kappa shape index (κ3) is 3.26. The van der Waals surface area contributed by atoms with E-state index in [0.717, 1.165) is 42.2 Å². The Morgan fingerprint density at radius 1 is 1.05 bits per heavy atom. The number of nitrogens with one attached hydrogen (secondary N) is 1. The first kappa shape index (κ1) is 13.3. The van der Waals surface area contributed by atoms with Gasteiger partial charge in [-0.3, -0.25) is 0 Å². The minimum Gasteiger partial charge on any atom is -0.438 e. The molecule has 0 unspecified atom stereocenters. The quantitative estimate of drug-likeness (QED) is 0.934. The van der Waals surface area contributed by atoms with Crippen LogP contribution in [-0.2, 0) is 0 Å². The molecular formula is C14H15BrN4O. The van der Waals surface area contributed by atoms with Crippen molar-refractivity contribution in [3.63, 3.8) is 0 Å². The standard InChI is InChI=1S/C14H15BrN4O/c15-11-1-3-12(4-2-11)20-14-10-17-13(9-18-14)19-7-5-16-6-8-19/h1-4,9-10,16H,5-8H2. The molecule has 5 nitrogen and oxygen atoms in total. The minimum absolute atomic E-state index is 0.506. The van der Waals surface area contributed by atoms with Crippen LogP contribution >= 0.6 is 15.9 Å². The summed E-state index contributed by atoms with van der Waals surface area (Å²) in [4.78, 5) is 10.9. The zero-order valence-corrected chi connectivity index (χ0v) is 12.5. The number of hydrogen-bond donors (Lipinski definition) is 1. The fraction of sp³-hybridized carbons (Fsp3) is 0.286. The summed E-state index contributed by atoms with van der Waals surface area (Å²) in [7, 11) is 0. The van der Waals surface area contributed by atoms with E-state index in [1.54, 1.807) is 12.4 Å². The summed E-state index contributed by atoms with van der Waals surface area (Å²) in [5.74, 6) is 2.15. The van der Waals surface area contributed by atoms with Gasteiger partial charge in [0, 0.05) is 30.7 Å². The third-order valence-electron chi connectivity index (χ3n) is 3.09. The highest BCUT2D eigenvalue weighted by atomic mass is 79.9. The van der Waals surface area contributed by atoms with Crippen molar-refractivity contribution >= 4 is 21.7 Å². The van der Waals surface area contributed by atoms with Crippen molar-refractivity contribution in [2.24, 2.45) is 0 Å². The van der Waals surface area contributed by atoms with E-state index in [1.807, 2.05) is 24.3 Å². The van der Waals surface area contributed by atoms with Crippen LogP contribution in [0.25, 0.3) is 0 Å². The Morgan fingerprint density at radius 3 is 2.45 bits per heavy atom. The summed E-state index contributed by atoms with van der Waals surface area (Å²) < 4.78 is 6.67. The number of benzene rings is 1. The highest BCUT2D eigenvalue weighted by Crippen LogP contribution is 2.22. The Labute approximate surface area is 126 Å². The molecule has 1 saturated heterocycles. The molecule has 1 aliphatic heterocycles. The van der Waals surface area contributed by atoms with Crippen LogP contribution in [0.4, 0.5) is 5.82 Å². The molecule has 1 aromatic heterocycles. The number of ether oxygens (including phenoxy) is 1. The van der Waals surface area contributed by atoms with Gasteiger partial charge in [0.15, 0.2) is 0 Å². The Kier molecular flexibility index (Phi) is 4.13. The van der Waals surface area contributed by atoms with Crippen molar-refractivity contribution in [2.45, 2.75) is 0 Å². The molecule has 2 aromatic rings. The first-order valence-electron chi connectivity index (χ1n) is 6.52. The van der Waals surface area contributed by atoms with Gasteiger partial charge >= 0.3 is 0 Å². The monoisotopic (exact) mass is 334 g/mol. The zero-order chi connectivity index (χ0) is 13.8. The number of piperazine rings is 1. The fourth-order valence-electron chi connectivity index (χ4n) is 2.04. The zero-order valence-electron chi connectivity index (χ0n) is 10.9. The van der Waals surface area contributed by atoms with E-state index < -0.39 is 0 Å². The molecule has 6 heteroatoms. The average molecular weight is 335 g/mol. The van der Waals surface area contributed by atoms with E-state index in [-0.39, 0.29) is 0 Å². The molecule has 3 rings (SSSR count). The number of halogens is 1. The van der Waals surface area contributed by atoms with Crippen molar-refractivity contribution in [1.29, 1.82) is 0 Å². The van der Waals surface area contributed by atoms with E-state index >= 15 is 0 Å². The molecule has 0 aliphatic carbocycles. The molecule has 0 amide bonds. The first-order valence-corrected chi connectivity index (χ1v) is 7.32. The highest BCUT2D eigenvalue weighted by molar-refractivity contribution is 9.10. The van der Waals surface area contributed by atoms with Crippen LogP contribution in [0.2, 0.25) is 0 Å². The Bertz CT molecular complexity index is 552. The number of hydrogen-bond acceptors (Lipinski definition) is 5. The van der Waals surface area contributed by atoms with Crippen molar-refractivity contribution in [2.75, 3.05) is 31.1 Å². The molecule has 1 aliphatic rings. The maximum atomic E-state index is 5.65. The lowest BCUT2D eigenvalue weighted by molar-refractivity contribution is 0.459. The molecule has 20 heavy (non-hydrogen) atoms. The SMILES string of the molecule is Brc1ccc(Oc2cnc(N3CCNCC3)cn2)cc1. The van der Waals surface area contributed by atoms with Gasteiger partial charge in [-0.05, 0) is 24.3 Å². The molecule has 2 heterocycles. The Hall–Kier alpha value is -1.66. The Morgan fingerprint density at radius 2 is 1.80 bits per heavy atom. The van der Waals surface area contributed by atoms with Crippen LogP contribution in [0.1, 0.15) is 0 Å². The van der Waals surface area contributed by atoms with Gasteiger partial charge in [0.05, 0.1) is 12.4 Å². The smallest absolute Gasteiger partial charge is 0.237 e. The first-order chi connectivity index (χ1) is 9.81. The van der Waals surface area contributed by atoms with E-state index in [4.69, 9.17) is 4.74 Å². The average Bonchev–Trinajstić information content (AvgIpc) is 2.51. The van der Waals surface area contributed by atoms with Crippen molar-refractivity contribution in [3.8, 4) is 11.6 Å². The van der Waals surface area contributed by atoms with E-state index in [9.17, 15) is 0 Å². The molecule has 0 spiro atoms. The molecule has 0 atom stereocenters. The summed E-state index contributed by atoms with van der Waals surface area (Å²) in [5.41, 5.74) is 0. The van der Waals surface area contributed by atoms with Gasteiger partial charge in [-0.2, -0.15) is 0 Å². The van der Waals surface area contributed by atoms with Gasteiger partial charge in [0.25, 0.3) is 0 Å². The second-order valence-electron chi connectivity index (χ2n) is 4.51. The predicted molar refractivity (Wildman–Crippen MR) is 81.3 cm³/mol. The van der Waals surface area contributed by atoms with Crippen LogP contribution in [0.15, 0.2) is 41.1 Å². The number of nitrogens with zero attached hydrogens (tertiary/aromatic N) is 3. The van der Waals surface area contributed by atoms with Crippen LogP contribution < -0.4 is 15.0 Å². The molecule has 0 radical (unpaired) electrons. The molecule has 1 aromatic carbocycles. The number of rotatable bonds is 3. The van der Waals surface area contributed by atoms with Gasteiger partial charge in [0.1, 0.15) is 11.6 Å². The van der Waals surface area contributed by atoms with Crippen LogP contribution in [0.5, 0.6) is 11.6 Å². The lowest BCUT2D eigenvalue weighted by Gasteiger charge is -2.27. The van der Waals surface area contributed by atoms with Crippen LogP contribution in [0.3, 0.4) is 0 Å². The molecule has 1 N–H and O–H groups in total. The van der Waals surface area contributed by atoms with E-state index in [2.05, 4.69) is 36.1 Å². The lowest BCUT2D eigenvalue weighted by atomic mass is 10.3. The summed E-state index contributed by atoms with van der Waals surface area (Å²) in [5, 5.41) is 3.31. The van der Waals surface area contributed by atoms with Crippen LogP contribution in [0, 0.1) is 0 Å². The minimum atomic E-state index is 0.506. The number of aromatic nitrogens is 2. The molecule has 0 bridgehead atoms. The maximum Gasteiger partial charge on any atom is 0.237 e. The fourth-order valence-corrected chi connectivity index (χ4v) is 2.31. The Balaban J connectivity index is 1.67. The van der Waals surface area contributed by atoms with Gasteiger partial charge in [-0.15, -0.1) is 0 Å².